The third-order valence-corrected chi connectivity index (χ3v) is 9.84. The Labute approximate surface area is 224 Å². The fraction of sp³-hybridized carbons (Fsp3) is 0.296. The van der Waals surface area contributed by atoms with Crippen molar-refractivity contribution < 1.29 is 26.4 Å². The van der Waals surface area contributed by atoms with Gasteiger partial charge in [0.15, 0.2) is 0 Å². The molecule has 4 rings (SSSR count). The Hall–Kier alpha value is -3.25. The Morgan fingerprint density at radius 3 is 1.95 bits per heavy atom. The van der Waals surface area contributed by atoms with Crippen LogP contribution in [-0.2, 0) is 29.6 Å². The first-order valence-corrected chi connectivity index (χ1v) is 15.0. The van der Waals surface area contributed by atoms with Gasteiger partial charge in [-0.25, -0.2) is 16.8 Å². The second-order valence-corrected chi connectivity index (χ2v) is 13.1. The van der Waals surface area contributed by atoms with Crippen molar-refractivity contribution in [3.05, 3.63) is 83.4 Å². The van der Waals surface area contributed by atoms with Crippen LogP contribution in [0.2, 0.25) is 0 Å². The van der Waals surface area contributed by atoms with E-state index in [9.17, 15) is 21.6 Å². The van der Waals surface area contributed by atoms with E-state index in [2.05, 4.69) is 5.32 Å². The van der Waals surface area contributed by atoms with E-state index in [1.165, 1.54) is 40.7 Å². The first-order valence-electron chi connectivity index (χ1n) is 12.1. The fourth-order valence-corrected chi connectivity index (χ4v) is 7.04. The zero-order chi connectivity index (χ0) is 27.5. The molecule has 0 atom stereocenters. The van der Waals surface area contributed by atoms with Crippen molar-refractivity contribution in [1.82, 2.24) is 4.31 Å². The molecule has 1 fully saturated rings. The van der Waals surface area contributed by atoms with E-state index < -0.39 is 32.5 Å². The van der Waals surface area contributed by atoms with Crippen molar-refractivity contribution in [3.8, 4) is 0 Å². The predicted molar refractivity (Wildman–Crippen MR) is 146 cm³/mol. The molecule has 3 aromatic carbocycles. The van der Waals surface area contributed by atoms with Gasteiger partial charge < -0.3 is 10.1 Å². The molecule has 38 heavy (non-hydrogen) atoms. The minimum atomic E-state index is -4.05. The molecule has 11 heteroatoms. The molecule has 0 aliphatic carbocycles. The number of amides is 1. The first kappa shape index (κ1) is 27.8. The fourth-order valence-electron chi connectivity index (χ4n) is 4.22. The third kappa shape index (κ3) is 6.24. The van der Waals surface area contributed by atoms with Gasteiger partial charge in [0.05, 0.1) is 28.7 Å². The highest BCUT2D eigenvalue weighted by atomic mass is 32.2. The molecule has 0 bridgehead atoms. The molecule has 0 aromatic heterocycles. The maximum absolute atomic E-state index is 13.6. The lowest BCUT2D eigenvalue weighted by Gasteiger charge is -2.26. The van der Waals surface area contributed by atoms with Crippen LogP contribution in [0.3, 0.4) is 0 Å². The normalized spacial score (nSPS) is 14.7. The molecule has 0 spiro atoms. The van der Waals surface area contributed by atoms with Gasteiger partial charge in [-0.15, -0.1) is 0 Å². The average molecular weight is 558 g/mol. The number of morpholine rings is 1. The van der Waals surface area contributed by atoms with Crippen LogP contribution in [0.5, 0.6) is 0 Å². The summed E-state index contributed by atoms with van der Waals surface area (Å²) in [4.78, 5) is 13.3. The minimum absolute atomic E-state index is 0.0766. The lowest BCUT2D eigenvalue weighted by Crippen LogP contribution is -2.40. The number of hydrogen-bond acceptors (Lipinski definition) is 6. The quantitative estimate of drug-likeness (QED) is 0.454. The second kappa shape index (κ2) is 11.2. The smallest absolute Gasteiger partial charge is 0.264 e. The summed E-state index contributed by atoms with van der Waals surface area (Å²) < 4.78 is 60.6. The number of hydrogen-bond donors (Lipinski definition) is 1. The monoisotopic (exact) mass is 557 g/mol. The van der Waals surface area contributed by atoms with Gasteiger partial charge in [0.25, 0.3) is 10.0 Å². The first-order chi connectivity index (χ1) is 18.0. The number of carbonyl (C=O) groups is 1. The number of rotatable bonds is 8. The number of carbonyl (C=O) groups excluding carboxylic acids is 1. The molecule has 1 aliphatic rings. The van der Waals surface area contributed by atoms with Gasteiger partial charge in [0.1, 0.15) is 6.54 Å². The van der Waals surface area contributed by atoms with E-state index in [0.717, 1.165) is 21.0 Å². The van der Waals surface area contributed by atoms with E-state index in [-0.39, 0.29) is 22.9 Å². The van der Waals surface area contributed by atoms with E-state index in [4.69, 9.17) is 4.74 Å². The minimum Gasteiger partial charge on any atom is -0.379 e. The molecular weight excluding hydrogens is 526 g/mol. The Balaban J connectivity index is 1.57. The van der Waals surface area contributed by atoms with E-state index in [1.807, 2.05) is 26.8 Å². The van der Waals surface area contributed by atoms with Crippen molar-refractivity contribution in [3.63, 3.8) is 0 Å². The lowest BCUT2D eigenvalue weighted by atomic mass is 10.1. The standard InChI is InChI=1S/C27H31N3O6S2/c1-20-4-8-26(9-5-20)38(34,35)30(24-17-21(2)16-22(3)18-24)19-27(31)28-23-6-10-25(11-7-23)37(32,33)29-12-14-36-15-13-29/h4-11,16-18H,12-15,19H2,1-3H3,(H,28,31). The number of benzene rings is 3. The van der Waals surface area contributed by atoms with Crippen molar-refractivity contribution >= 4 is 37.3 Å². The van der Waals surface area contributed by atoms with Crippen molar-refractivity contribution in [1.29, 1.82) is 0 Å². The average Bonchev–Trinajstić information content (AvgIpc) is 2.88. The van der Waals surface area contributed by atoms with Gasteiger partial charge in [0.2, 0.25) is 15.9 Å². The second-order valence-electron chi connectivity index (χ2n) is 9.26. The van der Waals surface area contributed by atoms with Gasteiger partial charge in [-0.1, -0.05) is 23.8 Å². The molecule has 9 nitrogen and oxygen atoms in total. The van der Waals surface area contributed by atoms with Gasteiger partial charge >= 0.3 is 0 Å². The van der Waals surface area contributed by atoms with Crippen LogP contribution >= 0.6 is 0 Å². The van der Waals surface area contributed by atoms with Crippen LogP contribution in [0.15, 0.2) is 76.5 Å². The summed E-state index contributed by atoms with van der Waals surface area (Å²) in [5.41, 5.74) is 3.37. The van der Waals surface area contributed by atoms with Crippen LogP contribution in [0.1, 0.15) is 16.7 Å². The number of ether oxygens (including phenoxy) is 1. The van der Waals surface area contributed by atoms with Gasteiger partial charge in [-0.05, 0) is 80.4 Å². The highest BCUT2D eigenvalue weighted by Gasteiger charge is 2.28. The third-order valence-electron chi connectivity index (χ3n) is 6.14. The summed E-state index contributed by atoms with van der Waals surface area (Å²) >= 11 is 0. The van der Waals surface area contributed by atoms with Crippen LogP contribution < -0.4 is 9.62 Å². The topological polar surface area (TPSA) is 113 Å². The van der Waals surface area contributed by atoms with Crippen molar-refractivity contribution in [2.45, 2.75) is 30.6 Å². The van der Waals surface area contributed by atoms with Crippen LogP contribution in [-0.4, -0.2) is 59.9 Å². The molecule has 202 valence electrons. The molecular formula is C27H31N3O6S2. The zero-order valence-corrected chi connectivity index (χ0v) is 23.2. The molecule has 1 saturated heterocycles. The van der Waals surface area contributed by atoms with Crippen LogP contribution in [0, 0.1) is 20.8 Å². The van der Waals surface area contributed by atoms with Crippen molar-refractivity contribution in [2.75, 3.05) is 42.5 Å². The highest BCUT2D eigenvalue weighted by molar-refractivity contribution is 7.92. The number of aryl methyl sites for hydroxylation is 3. The molecule has 0 saturated carbocycles. The molecule has 1 aliphatic heterocycles. The van der Waals surface area contributed by atoms with E-state index in [1.54, 1.807) is 24.3 Å². The molecule has 1 N–H and O–H groups in total. The summed E-state index contributed by atoms with van der Waals surface area (Å²) in [6.07, 6.45) is 0. The van der Waals surface area contributed by atoms with Gasteiger partial charge in [-0.2, -0.15) is 4.31 Å². The molecule has 1 amide bonds. The number of anilines is 2. The summed E-state index contributed by atoms with van der Waals surface area (Å²) in [7, 11) is -7.72. The maximum atomic E-state index is 13.6. The summed E-state index contributed by atoms with van der Waals surface area (Å²) in [6.45, 7) is 6.37. The number of nitrogens with one attached hydrogen (secondary N) is 1. The molecule has 0 unspecified atom stereocenters. The van der Waals surface area contributed by atoms with E-state index >= 15 is 0 Å². The van der Waals surface area contributed by atoms with Crippen molar-refractivity contribution in [2.24, 2.45) is 0 Å². The zero-order valence-electron chi connectivity index (χ0n) is 21.5. The molecule has 3 aromatic rings. The Bertz CT molecular complexity index is 1490. The van der Waals surface area contributed by atoms with Gasteiger partial charge in [0, 0.05) is 18.8 Å². The summed E-state index contributed by atoms with van der Waals surface area (Å²) in [5.74, 6) is -0.566. The Morgan fingerprint density at radius 1 is 0.816 bits per heavy atom. The Kier molecular flexibility index (Phi) is 8.22. The highest BCUT2D eigenvalue weighted by Crippen LogP contribution is 2.27. The van der Waals surface area contributed by atoms with E-state index in [0.29, 0.717) is 24.6 Å². The maximum Gasteiger partial charge on any atom is 0.264 e. The van der Waals surface area contributed by atoms with Crippen LogP contribution in [0.4, 0.5) is 11.4 Å². The lowest BCUT2D eigenvalue weighted by molar-refractivity contribution is -0.114. The molecule has 0 radical (unpaired) electrons. The number of nitrogens with zero attached hydrogens (tertiary/aromatic N) is 2. The summed E-state index contributed by atoms with van der Waals surface area (Å²) in [6, 6.07) is 17.6. The van der Waals surface area contributed by atoms with Gasteiger partial charge in [-0.3, -0.25) is 9.10 Å². The van der Waals surface area contributed by atoms with Crippen LogP contribution in [0.25, 0.3) is 0 Å². The SMILES string of the molecule is Cc1ccc(S(=O)(=O)N(CC(=O)Nc2ccc(S(=O)(=O)N3CCOCC3)cc2)c2cc(C)cc(C)c2)cc1. The molecule has 1 heterocycles. The largest absolute Gasteiger partial charge is 0.379 e. The Morgan fingerprint density at radius 2 is 1.37 bits per heavy atom. The number of sulfonamides is 2. The summed E-state index contributed by atoms with van der Waals surface area (Å²) in [5, 5.41) is 2.69. The predicted octanol–water partition coefficient (Wildman–Crippen LogP) is 3.47.